The van der Waals surface area contributed by atoms with E-state index in [1.165, 1.54) is 12.1 Å². The van der Waals surface area contributed by atoms with Gasteiger partial charge in [-0.3, -0.25) is 14.6 Å². The summed E-state index contributed by atoms with van der Waals surface area (Å²) in [4.78, 5) is 22.0. The first-order valence-electron chi connectivity index (χ1n) is 5.19. The normalized spacial score (nSPS) is 16.9. The standard InChI is InChI=1S/C9H14F3N3O2/c1-14(15-4-2-3-5-15)7(16)6-13-8(17)9(10,11)12/h2-6H2,1H3,(H,13,17). The molecule has 8 heteroatoms. The van der Waals surface area contributed by atoms with Crippen molar-refractivity contribution in [2.24, 2.45) is 0 Å². The Hall–Kier alpha value is -1.31. The summed E-state index contributed by atoms with van der Waals surface area (Å²) in [6, 6.07) is 0. The Morgan fingerprint density at radius 1 is 1.29 bits per heavy atom. The van der Waals surface area contributed by atoms with E-state index in [2.05, 4.69) is 0 Å². The third-order valence-electron chi connectivity index (χ3n) is 2.53. The van der Waals surface area contributed by atoms with E-state index in [0.717, 1.165) is 12.8 Å². The van der Waals surface area contributed by atoms with Crippen LogP contribution >= 0.6 is 0 Å². The zero-order valence-corrected chi connectivity index (χ0v) is 9.38. The highest BCUT2D eigenvalue weighted by Crippen LogP contribution is 2.14. The van der Waals surface area contributed by atoms with Gasteiger partial charge in [0.1, 0.15) is 0 Å². The molecule has 0 bridgehead atoms. The van der Waals surface area contributed by atoms with Gasteiger partial charge in [0.05, 0.1) is 6.54 Å². The van der Waals surface area contributed by atoms with E-state index in [-0.39, 0.29) is 0 Å². The molecule has 0 aromatic carbocycles. The van der Waals surface area contributed by atoms with Crippen LogP contribution in [0.15, 0.2) is 0 Å². The van der Waals surface area contributed by atoms with Crippen molar-refractivity contribution in [3.8, 4) is 0 Å². The van der Waals surface area contributed by atoms with Crippen LogP contribution in [0.2, 0.25) is 0 Å². The monoisotopic (exact) mass is 253 g/mol. The summed E-state index contributed by atoms with van der Waals surface area (Å²) in [5.74, 6) is -2.66. The SMILES string of the molecule is CN(C(=O)CNC(=O)C(F)(F)F)N1CCCC1. The first-order valence-corrected chi connectivity index (χ1v) is 5.19. The number of alkyl halides is 3. The summed E-state index contributed by atoms with van der Waals surface area (Å²) >= 11 is 0. The Kier molecular flexibility index (Phi) is 4.33. The minimum absolute atomic E-state index is 0.565. The van der Waals surface area contributed by atoms with Crippen LogP contribution in [-0.4, -0.2) is 54.7 Å². The molecule has 1 saturated heterocycles. The van der Waals surface area contributed by atoms with Gasteiger partial charge < -0.3 is 5.32 Å². The highest BCUT2D eigenvalue weighted by Gasteiger charge is 2.38. The maximum absolute atomic E-state index is 11.9. The van der Waals surface area contributed by atoms with Crippen LogP contribution in [-0.2, 0) is 9.59 Å². The molecule has 1 aliphatic rings. The summed E-state index contributed by atoms with van der Waals surface area (Å²) in [5.41, 5.74) is 0. The van der Waals surface area contributed by atoms with Crippen molar-refractivity contribution in [2.75, 3.05) is 26.7 Å². The van der Waals surface area contributed by atoms with Crippen LogP contribution in [0.1, 0.15) is 12.8 Å². The number of carbonyl (C=O) groups excluding carboxylic acids is 2. The van der Waals surface area contributed by atoms with Crippen molar-refractivity contribution in [1.82, 2.24) is 15.3 Å². The van der Waals surface area contributed by atoms with Gasteiger partial charge in [-0.25, -0.2) is 5.01 Å². The molecule has 0 radical (unpaired) electrons. The van der Waals surface area contributed by atoms with E-state index in [1.54, 1.807) is 10.3 Å². The Morgan fingerprint density at radius 2 is 1.82 bits per heavy atom. The number of carbonyl (C=O) groups is 2. The molecule has 1 heterocycles. The van der Waals surface area contributed by atoms with Crippen LogP contribution < -0.4 is 5.32 Å². The molecule has 17 heavy (non-hydrogen) atoms. The topological polar surface area (TPSA) is 52.7 Å². The minimum Gasteiger partial charge on any atom is -0.339 e. The second-order valence-electron chi connectivity index (χ2n) is 3.76. The van der Waals surface area contributed by atoms with Crippen LogP contribution in [0.5, 0.6) is 0 Å². The third kappa shape index (κ3) is 3.88. The summed E-state index contributed by atoms with van der Waals surface area (Å²) in [6.07, 6.45) is -3.05. The summed E-state index contributed by atoms with van der Waals surface area (Å²) in [7, 11) is 1.48. The fourth-order valence-corrected chi connectivity index (χ4v) is 1.53. The maximum atomic E-state index is 11.9. The van der Waals surface area contributed by atoms with Crippen LogP contribution in [0, 0.1) is 0 Å². The predicted molar refractivity (Wildman–Crippen MR) is 52.6 cm³/mol. The predicted octanol–water partition coefficient (Wildman–Crippen LogP) is 0.134. The maximum Gasteiger partial charge on any atom is 0.471 e. The molecule has 5 nitrogen and oxygen atoms in total. The molecular weight excluding hydrogens is 239 g/mol. The van der Waals surface area contributed by atoms with Gasteiger partial charge >= 0.3 is 12.1 Å². The van der Waals surface area contributed by atoms with E-state index < -0.39 is 24.5 Å². The fraction of sp³-hybridized carbons (Fsp3) is 0.778. The Balaban J connectivity index is 2.36. The van der Waals surface area contributed by atoms with Crippen molar-refractivity contribution in [1.29, 1.82) is 0 Å². The molecule has 98 valence electrons. The minimum atomic E-state index is -4.95. The lowest BCUT2D eigenvalue weighted by Crippen LogP contribution is -2.48. The van der Waals surface area contributed by atoms with E-state index in [1.807, 2.05) is 0 Å². The smallest absolute Gasteiger partial charge is 0.339 e. The van der Waals surface area contributed by atoms with Gasteiger partial charge in [-0.15, -0.1) is 0 Å². The number of nitrogens with zero attached hydrogens (tertiary/aromatic N) is 2. The molecule has 0 aromatic heterocycles. The van der Waals surface area contributed by atoms with Gasteiger partial charge in [-0.1, -0.05) is 0 Å². The van der Waals surface area contributed by atoms with E-state index >= 15 is 0 Å². The number of amides is 2. The Labute approximate surface area is 96.5 Å². The quantitative estimate of drug-likeness (QED) is 0.778. The highest BCUT2D eigenvalue weighted by molar-refractivity contribution is 5.87. The second kappa shape index (κ2) is 5.35. The Bertz CT molecular complexity index is 300. The molecule has 1 N–H and O–H groups in total. The number of hydrogen-bond donors (Lipinski definition) is 1. The van der Waals surface area contributed by atoms with Crippen LogP contribution in [0.4, 0.5) is 13.2 Å². The number of hydrogen-bond acceptors (Lipinski definition) is 3. The first-order chi connectivity index (χ1) is 7.82. The summed E-state index contributed by atoms with van der Waals surface area (Å²) in [5, 5.41) is 4.54. The first kappa shape index (κ1) is 13.8. The fourth-order valence-electron chi connectivity index (χ4n) is 1.53. The molecule has 1 rings (SSSR count). The van der Waals surface area contributed by atoms with E-state index in [4.69, 9.17) is 0 Å². The lowest BCUT2D eigenvalue weighted by atomic mass is 10.4. The van der Waals surface area contributed by atoms with Crippen molar-refractivity contribution >= 4 is 11.8 Å². The van der Waals surface area contributed by atoms with E-state index in [0.29, 0.717) is 13.1 Å². The molecule has 0 aliphatic carbocycles. The molecule has 1 aliphatic heterocycles. The van der Waals surface area contributed by atoms with Gasteiger partial charge in [0.15, 0.2) is 0 Å². The van der Waals surface area contributed by atoms with Gasteiger partial charge in [-0.05, 0) is 12.8 Å². The lowest BCUT2D eigenvalue weighted by molar-refractivity contribution is -0.174. The third-order valence-corrected chi connectivity index (χ3v) is 2.53. The zero-order valence-electron chi connectivity index (χ0n) is 9.38. The van der Waals surface area contributed by atoms with Gasteiger partial charge in [0.2, 0.25) is 0 Å². The van der Waals surface area contributed by atoms with Crippen LogP contribution in [0.25, 0.3) is 0 Å². The van der Waals surface area contributed by atoms with E-state index in [9.17, 15) is 22.8 Å². The second-order valence-corrected chi connectivity index (χ2v) is 3.76. The molecule has 2 amide bonds. The molecule has 1 fully saturated rings. The van der Waals surface area contributed by atoms with Crippen molar-refractivity contribution in [3.63, 3.8) is 0 Å². The van der Waals surface area contributed by atoms with Gasteiger partial charge in [-0.2, -0.15) is 13.2 Å². The van der Waals surface area contributed by atoms with Gasteiger partial charge in [0, 0.05) is 20.1 Å². The lowest BCUT2D eigenvalue weighted by Gasteiger charge is -2.27. The van der Waals surface area contributed by atoms with Crippen LogP contribution in [0.3, 0.4) is 0 Å². The molecule has 0 unspecified atom stereocenters. The number of hydrazine groups is 1. The Morgan fingerprint density at radius 3 is 2.29 bits per heavy atom. The van der Waals surface area contributed by atoms with Crippen molar-refractivity contribution < 1.29 is 22.8 Å². The molecule has 0 aromatic rings. The average molecular weight is 253 g/mol. The molecule has 0 atom stereocenters. The number of rotatable bonds is 3. The number of likely N-dealkylation sites (N-methyl/N-ethyl adjacent to an activating group) is 1. The number of halogens is 3. The molecular formula is C9H14F3N3O2. The zero-order chi connectivity index (χ0) is 13.1. The van der Waals surface area contributed by atoms with Gasteiger partial charge in [0.25, 0.3) is 5.91 Å². The summed E-state index contributed by atoms with van der Waals surface area (Å²) < 4.78 is 35.6. The molecule has 0 saturated carbocycles. The van der Waals surface area contributed by atoms with Crippen molar-refractivity contribution in [3.05, 3.63) is 0 Å². The average Bonchev–Trinajstić information content (AvgIpc) is 2.76. The highest BCUT2D eigenvalue weighted by atomic mass is 19.4. The molecule has 0 spiro atoms. The van der Waals surface area contributed by atoms with Crippen molar-refractivity contribution in [2.45, 2.75) is 19.0 Å². The number of nitrogens with one attached hydrogen (secondary N) is 1. The summed E-state index contributed by atoms with van der Waals surface area (Å²) in [6.45, 7) is 0.760. The largest absolute Gasteiger partial charge is 0.471 e.